The molecular weight excluding hydrogens is 376 g/mol. The average Bonchev–Trinajstić information content (AvgIpc) is 3.37. The summed E-state index contributed by atoms with van der Waals surface area (Å²) in [4.78, 5) is 19.9. The number of imidazole rings is 1. The fourth-order valence-electron chi connectivity index (χ4n) is 2.70. The molecule has 4 rings (SSSR count). The van der Waals surface area contributed by atoms with E-state index in [0.717, 1.165) is 28.3 Å². The summed E-state index contributed by atoms with van der Waals surface area (Å²) >= 11 is 1.32. The first-order valence-electron chi connectivity index (χ1n) is 8.60. The van der Waals surface area contributed by atoms with Gasteiger partial charge in [-0.05, 0) is 36.4 Å². The van der Waals surface area contributed by atoms with E-state index in [4.69, 9.17) is 4.74 Å². The minimum atomic E-state index is -0.102. The quantitative estimate of drug-likeness (QED) is 0.468. The summed E-state index contributed by atoms with van der Waals surface area (Å²) < 4.78 is 7.00. The lowest BCUT2D eigenvalue weighted by Crippen LogP contribution is -2.25. The molecule has 28 heavy (non-hydrogen) atoms. The molecule has 0 spiro atoms. The van der Waals surface area contributed by atoms with Crippen LogP contribution in [0.4, 0.5) is 0 Å². The molecule has 0 aliphatic heterocycles. The molecule has 2 N–H and O–H groups in total. The van der Waals surface area contributed by atoms with Crippen LogP contribution in [0.15, 0.2) is 60.0 Å². The van der Waals surface area contributed by atoms with Crippen LogP contribution in [-0.2, 0) is 11.3 Å². The molecule has 0 aliphatic carbocycles. The lowest BCUT2D eigenvalue weighted by atomic mass is 10.3. The number of para-hydroxylation sites is 2. The van der Waals surface area contributed by atoms with Crippen molar-refractivity contribution in [3.8, 4) is 11.4 Å². The molecule has 0 unspecified atom stereocenters. The molecule has 2 aromatic heterocycles. The normalized spacial score (nSPS) is 10.9. The van der Waals surface area contributed by atoms with Gasteiger partial charge in [0.1, 0.15) is 17.9 Å². The van der Waals surface area contributed by atoms with Crippen molar-refractivity contribution in [3.63, 3.8) is 0 Å². The van der Waals surface area contributed by atoms with E-state index in [9.17, 15) is 4.79 Å². The van der Waals surface area contributed by atoms with Crippen molar-refractivity contribution >= 4 is 28.7 Å². The number of methoxy groups -OCH3 is 1. The van der Waals surface area contributed by atoms with Crippen LogP contribution in [-0.4, -0.2) is 43.5 Å². The Hall–Kier alpha value is -3.33. The summed E-state index contributed by atoms with van der Waals surface area (Å²) in [6.07, 6.45) is 1.62. The fraction of sp³-hybridized carbons (Fsp3) is 0.158. The Morgan fingerprint density at radius 1 is 1.21 bits per heavy atom. The van der Waals surface area contributed by atoms with E-state index in [1.807, 2.05) is 53.1 Å². The summed E-state index contributed by atoms with van der Waals surface area (Å²) in [5.74, 6) is 1.63. The first kappa shape index (κ1) is 18.1. The highest BCUT2D eigenvalue weighted by Gasteiger charge is 2.11. The van der Waals surface area contributed by atoms with Gasteiger partial charge in [0.05, 0.1) is 30.4 Å². The maximum atomic E-state index is 12.2. The molecule has 0 saturated heterocycles. The Bertz CT molecular complexity index is 1060. The number of hydrogen-bond acceptors (Lipinski definition) is 6. The molecule has 0 bridgehead atoms. The molecular formula is C19H18N6O2S. The van der Waals surface area contributed by atoms with Crippen LogP contribution in [0, 0.1) is 0 Å². The van der Waals surface area contributed by atoms with Gasteiger partial charge >= 0.3 is 0 Å². The van der Waals surface area contributed by atoms with Crippen LogP contribution in [0.1, 0.15) is 5.82 Å². The Morgan fingerprint density at radius 2 is 2.04 bits per heavy atom. The van der Waals surface area contributed by atoms with E-state index in [2.05, 4.69) is 25.5 Å². The highest BCUT2D eigenvalue weighted by Crippen LogP contribution is 2.21. The number of carbonyl (C=O) groups is 1. The third kappa shape index (κ3) is 3.99. The number of rotatable bonds is 7. The van der Waals surface area contributed by atoms with Gasteiger partial charge in [0.15, 0.2) is 5.16 Å². The SMILES string of the molecule is COc1ccc(-n2cnnc2SCC(=O)NCc2nc3ccccc3[nH]2)cc1. The predicted octanol–water partition coefficient (Wildman–Crippen LogP) is 2.56. The van der Waals surface area contributed by atoms with Gasteiger partial charge in [0, 0.05) is 5.69 Å². The zero-order chi connectivity index (χ0) is 19.3. The number of fused-ring (bicyclic) bond motifs is 1. The van der Waals surface area contributed by atoms with Crippen molar-refractivity contribution in [3.05, 3.63) is 60.7 Å². The largest absolute Gasteiger partial charge is 0.497 e. The van der Waals surface area contributed by atoms with Gasteiger partial charge in [-0.25, -0.2) is 4.98 Å². The molecule has 0 fully saturated rings. The number of H-pyrrole nitrogens is 1. The van der Waals surface area contributed by atoms with Crippen LogP contribution in [0.2, 0.25) is 0 Å². The summed E-state index contributed by atoms with van der Waals surface area (Å²) in [5, 5.41) is 11.6. The van der Waals surface area contributed by atoms with Crippen LogP contribution >= 0.6 is 11.8 Å². The molecule has 1 amide bonds. The maximum absolute atomic E-state index is 12.2. The van der Waals surface area contributed by atoms with E-state index in [-0.39, 0.29) is 11.7 Å². The van der Waals surface area contributed by atoms with Gasteiger partial charge < -0.3 is 15.0 Å². The molecule has 0 saturated carbocycles. The third-order valence-electron chi connectivity index (χ3n) is 4.09. The third-order valence-corrected chi connectivity index (χ3v) is 5.03. The van der Waals surface area contributed by atoms with Gasteiger partial charge in [0.2, 0.25) is 5.91 Å². The molecule has 142 valence electrons. The number of hydrogen-bond donors (Lipinski definition) is 2. The van der Waals surface area contributed by atoms with E-state index < -0.39 is 0 Å². The highest BCUT2D eigenvalue weighted by atomic mass is 32.2. The van der Waals surface area contributed by atoms with E-state index in [0.29, 0.717) is 11.7 Å². The summed E-state index contributed by atoms with van der Waals surface area (Å²) in [7, 11) is 1.62. The molecule has 0 atom stereocenters. The number of amides is 1. The summed E-state index contributed by atoms with van der Waals surface area (Å²) in [6, 6.07) is 15.3. The van der Waals surface area contributed by atoms with Crippen molar-refractivity contribution in [1.29, 1.82) is 0 Å². The van der Waals surface area contributed by atoms with E-state index in [1.165, 1.54) is 11.8 Å². The number of benzene rings is 2. The van der Waals surface area contributed by atoms with Crippen LogP contribution in [0.5, 0.6) is 5.75 Å². The summed E-state index contributed by atoms with van der Waals surface area (Å²) in [5.41, 5.74) is 2.73. The van der Waals surface area contributed by atoms with Gasteiger partial charge in [-0.15, -0.1) is 10.2 Å². The first-order chi connectivity index (χ1) is 13.7. The van der Waals surface area contributed by atoms with Gasteiger partial charge in [-0.2, -0.15) is 0 Å². The molecule has 2 heterocycles. The fourth-order valence-corrected chi connectivity index (χ4v) is 3.45. The van der Waals surface area contributed by atoms with Crippen LogP contribution in [0.25, 0.3) is 16.7 Å². The minimum absolute atomic E-state index is 0.102. The molecule has 2 aromatic carbocycles. The predicted molar refractivity (Wildman–Crippen MR) is 107 cm³/mol. The number of nitrogens with one attached hydrogen (secondary N) is 2. The molecule has 4 aromatic rings. The standard InChI is InChI=1S/C19H18N6O2S/c1-27-14-8-6-13(7-9-14)25-12-21-24-19(25)28-11-18(26)20-10-17-22-15-4-2-3-5-16(15)23-17/h2-9,12H,10-11H2,1H3,(H,20,26)(H,22,23). The zero-order valence-electron chi connectivity index (χ0n) is 15.1. The van der Waals surface area contributed by atoms with Gasteiger partial charge in [-0.1, -0.05) is 23.9 Å². The zero-order valence-corrected chi connectivity index (χ0v) is 15.9. The Labute approximate surface area is 165 Å². The lowest BCUT2D eigenvalue weighted by Gasteiger charge is -2.07. The minimum Gasteiger partial charge on any atom is -0.497 e. The summed E-state index contributed by atoms with van der Waals surface area (Å²) in [6.45, 7) is 0.346. The van der Waals surface area contributed by atoms with Crippen molar-refractivity contribution in [2.45, 2.75) is 11.7 Å². The van der Waals surface area contributed by atoms with Crippen LogP contribution < -0.4 is 10.1 Å². The first-order valence-corrected chi connectivity index (χ1v) is 9.59. The maximum Gasteiger partial charge on any atom is 0.230 e. The molecule has 9 heteroatoms. The van der Waals surface area contributed by atoms with Gasteiger partial charge in [-0.3, -0.25) is 9.36 Å². The molecule has 0 aliphatic rings. The van der Waals surface area contributed by atoms with Gasteiger partial charge in [0.25, 0.3) is 0 Å². The molecule has 0 radical (unpaired) electrons. The highest BCUT2D eigenvalue weighted by molar-refractivity contribution is 7.99. The van der Waals surface area contributed by atoms with Crippen molar-refractivity contribution in [2.75, 3.05) is 12.9 Å². The number of aromatic nitrogens is 5. The Balaban J connectivity index is 1.34. The van der Waals surface area contributed by atoms with Crippen molar-refractivity contribution in [1.82, 2.24) is 30.0 Å². The van der Waals surface area contributed by atoms with Crippen molar-refractivity contribution in [2.24, 2.45) is 0 Å². The lowest BCUT2D eigenvalue weighted by molar-refractivity contribution is -0.118. The number of nitrogens with zero attached hydrogens (tertiary/aromatic N) is 4. The number of ether oxygens (including phenoxy) is 1. The monoisotopic (exact) mass is 394 g/mol. The van der Waals surface area contributed by atoms with Crippen molar-refractivity contribution < 1.29 is 9.53 Å². The Morgan fingerprint density at radius 3 is 2.82 bits per heavy atom. The Kier molecular flexibility index (Phi) is 5.24. The van der Waals surface area contributed by atoms with E-state index in [1.54, 1.807) is 13.4 Å². The smallest absolute Gasteiger partial charge is 0.230 e. The second-order valence-electron chi connectivity index (χ2n) is 5.95. The second kappa shape index (κ2) is 8.13. The van der Waals surface area contributed by atoms with E-state index >= 15 is 0 Å². The topological polar surface area (TPSA) is 97.7 Å². The number of aromatic amines is 1. The molecule has 8 nitrogen and oxygen atoms in total. The van der Waals surface area contributed by atoms with Crippen LogP contribution in [0.3, 0.4) is 0 Å². The number of thioether (sulfide) groups is 1. The second-order valence-corrected chi connectivity index (χ2v) is 6.89. The average molecular weight is 394 g/mol. The number of carbonyl (C=O) groups excluding carboxylic acids is 1.